The molecule has 0 spiro atoms. The highest BCUT2D eigenvalue weighted by atomic mass is 19.2. The Bertz CT molecular complexity index is 411. The summed E-state index contributed by atoms with van der Waals surface area (Å²) in [6.45, 7) is 3.75. The summed E-state index contributed by atoms with van der Waals surface area (Å²) >= 11 is 0. The Morgan fingerprint density at radius 1 is 1.39 bits per heavy atom. The molecule has 1 N–H and O–H groups in total. The van der Waals surface area contributed by atoms with Crippen LogP contribution >= 0.6 is 0 Å². The molecule has 0 aliphatic carbocycles. The molecule has 1 aliphatic rings. The van der Waals surface area contributed by atoms with Crippen molar-refractivity contribution in [2.45, 2.75) is 6.04 Å². The first kappa shape index (κ1) is 13.2. The molecule has 1 atom stereocenters. The molecular weight excluding hydrogens is 236 g/mol. The van der Waals surface area contributed by atoms with Gasteiger partial charge in [-0.1, -0.05) is 0 Å². The van der Waals surface area contributed by atoms with Crippen LogP contribution in [-0.4, -0.2) is 51.2 Å². The number of piperazine rings is 1. The molecule has 1 unspecified atom stereocenters. The van der Waals surface area contributed by atoms with Crippen LogP contribution in [0, 0.1) is 11.6 Å². The average Bonchev–Trinajstić information content (AvgIpc) is 2.32. The number of anilines is 1. The van der Waals surface area contributed by atoms with Crippen LogP contribution in [-0.2, 0) is 0 Å². The second-order valence-corrected chi connectivity index (χ2v) is 4.89. The number of likely N-dealkylation sites (N-methyl/N-ethyl adjacent to an activating group) is 2. The molecule has 0 radical (unpaired) electrons. The van der Waals surface area contributed by atoms with Gasteiger partial charge in [-0.15, -0.1) is 0 Å². The summed E-state index contributed by atoms with van der Waals surface area (Å²) in [4.78, 5) is 4.21. The maximum Gasteiger partial charge on any atom is 0.160 e. The van der Waals surface area contributed by atoms with Crippen LogP contribution < -0.4 is 10.2 Å². The predicted octanol–water partition coefficient (Wildman–Crippen LogP) is 1.30. The van der Waals surface area contributed by atoms with Gasteiger partial charge in [0.05, 0.1) is 0 Å². The van der Waals surface area contributed by atoms with Gasteiger partial charge in [-0.3, -0.25) is 0 Å². The van der Waals surface area contributed by atoms with Gasteiger partial charge in [0, 0.05) is 51.0 Å². The number of nitrogens with one attached hydrogen (secondary N) is 1. The number of hydrogen-bond donors (Lipinski definition) is 1. The zero-order chi connectivity index (χ0) is 13.1. The van der Waals surface area contributed by atoms with E-state index in [9.17, 15) is 8.78 Å². The molecular formula is C13H19F2N3. The first-order valence-corrected chi connectivity index (χ1v) is 6.14. The molecule has 18 heavy (non-hydrogen) atoms. The fourth-order valence-electron chi connectivity index (χ4n) is 2.27. The highest BCUT2D eigenvalue weighted by Gasteiger charge is 2.18. The van der Waals surface area contributed by atoms with Crippen LogP contribution in [0.1, 0.15) is 0 Å². The van der Waals surface area contributed by atoms with E-state index >= 15 is 0 Å². The second kappa shape index (κ2) is 5.63. The van der Waals surface area contributed by atoms with Crippen molar-refractivity contribution in [1.82, 2.24) is 10.2 Å². The third kappa shape index (κ3) is 3.17. The van der Waals surface area contributed by atoms with Gasteiger partial charge >= 0.3 is 0 Å². The van der Waals surface area contributed by atoms with E-state index < -0.39 is 11.6 Å². The first-order chi connectivity index (χ1) is 8.56. The normalized spacial score (nSPS) is 21.0. The Morgan fingerprint density at radius 2 is 2.17 bits per heavy atom. The molecule has 1 aromatic rings. The fraction of sp³-hybridized carbons (Fsp3) is 0.538. The lowest BCUT2D eigenvalue weighted by atomic mass is 10.2. The van der Waals surface area contributed by atoms with Crippen molar-refractivity contribution >= 4 is 5.69 Å². The molecule has 5 heteroatoms. The minimum atomic E-state index is -0.803. The van der Waals surface area contributed by atoms with Gasteiger partial charge < -0.3 is 15.1 Å². The number of halogens is 2. The summed E-state index contributed by atoms with van der Waals surface area (Å²) in [5, 5.41) is 3.43. The molecule has 0 amide bonds. The number of nitrogens with zero attached hydrogens (tertiary/aromatic N) is 2. The summed E-state index contributed by atoms with van der Waals surface area (Å²) in [6, 6.07) is 4.36. The van der Waals surface area contributed by atoms with E-state index in [4.69, 9.17) is 0 Å². The Morgan fingerprint density at radius 3 is 2.83 bits per heavy atom. The summed E-state index contributed by atoms with van der Waals surface area (Å²) < 4.78 is 26.0. The Kier molecular flexibility index (Phi) is 4.14. The van der Waals surface area contributed by atoms with Gasteiger partial charge in [0.1, 0.15) is 0 Å². The van der Waals surface area contributed by atoms with Gasteiger partial charge in [-0.05, 0) is 19.2 Å². The number of hydrogen-bond acceptors (Lipinski definition) is 3. The summed E-state index contributed by atoms with van der Waals surface area (Å²) in [5.41, 5.74) is 0.698. The molecule has 1 aromatic carbocycles. The topological polar surface area (TPSA) is 18.5 Å². The Balaban J connectivity index is 1.98. The van der Waals surface area contributed by atoms with Crippen molar-refractivity contribution in [2.24, 2.45) is 0 Å². The van der Waals surface area contributed by atoms with Crippen molar-refractivity contribution in [3.05, 3.63) is 29.8 Å². The molecule has 0 saturated carbocycles. The SMILES string of the molecule is CN1CCNC(CN(C)c2ccc(F)c(F)c2)C1. The molecule has 0 bridgehead atoms. The average molecular weight is 255 g/mol. The van der Waals surface area contributed by atoms with Crippen LogP contribution in [0.2, 0.25) is 0 Å². The lowest BCUT2D eigenvalue weighted by Gasteiger charge is -2.34. The summed E-state index contributed by atoms with van der Waals surface area (Å²) in [6.07, 6.45) is 0. The highest BCUT2D eigenvalue weighted by Crippen LogP contribution is 2.17. The molecule has 1 saturated heterocycles. The number of rotatable bonds is 3. The van der Waals surface area contributed by atoms with E-state index in [0.717, 1.165) is 26.2 Å². The molecule has 0 aromatic heterocycles. The third-order valence-corrected chi connectivity index (χ3v) is 3.30. The third-order valence-electron chi connectivity index (χ3n) is 3.30. The van der Waals surface area contributed by atoms with Crippen LogP contribution in [0.25, 0.3) is 0 Å². The largest absolute Gasteiger partial charge is 0.373 e. The van der Waals surface area contributed by atoms with E-state index in [1.54, 1.807) is 6.07 Å². The molecule has 1 heterocycles. The maximum absolute atomic E-state index is 13.2. The first-order valence-electron chi connectivity index (χ1n) is 6.14. The van der Waals surface area contributed by atoms with Gasteiger partial charge in [-0.25, -0.2) is 8.78 Å². The summed E-state index contributed by atoms with van der Waals surface area (Å²) in [7, 11) is 3.98. The zero-order valence-electron chi connectivity index (χ0n) is 10.8. The smallest absolute Gasteiger partial charge is 0.160 e. The molecule has 1 fully saturated rings. The molecule has 3 nitrogen and oxygen atoms in total. The fourth-order valence-corrected chi connectivity index (χ4v) is 2.27. The number of benzene rings is 1. The lowest BCUT2D eigenvalue weighted by molar-refractivity contribution is 0.241. The van der Waals surface area contributed by atoms with Crippen LogP contribution in [0.15, 0.2) is 18.2 Å². The second-order valence-electron chi connectivity index (χ2n) is 4.89. The van der Waals surface area contributed by atoms with Crippen molar-refractivity contribution < 1.29 is 8.78 Å². The van der Waals surface area contributed by atoms with Crippen LogP contribution in [0.4, 0.5) is 14.5 Å². The van der Waals surface area contributed by atoms with Crippen molar-refractivity contribution in [3.63, 3.8) is 0 Å². The van der Waals surface area contributed by atoms with E-state index in [-0.39, 0.29) is 0 Å². The minimum Gasteiger partial charge on any atom is -0.373 e. The van der Waals surface area contributed by atoms with Gasteiger partial charge in [0.15, 0.2) is 11.6 Å². The van der Waals surface area contributed by atoms with Crippen molar-refractivity contribution in [1.29, 1.82) is 0 Å². The summed E-state index contributed by atoms with van der Waals surface area (Å²) in [5.74, 6) is -1.60. The Hall–Kier alpha value is -1.20. The molecule has 2 rings (SSSR count). The van der Waals surface area contributed by atoms with E-state index in [0.29, 0.717) is 11.7 Å². The minimum absolute atomic E-state index is 0.349. The molecule has 1 aliphatic heterocycles. The van der Waals surface area contributed by atoms with E-state index in [1.807, 2.05) is 11.9 Å². The quantitative estimate of drug-likeness (QED) is 0.878. The van der Waals surface area contributed by atoms with Crippen LogP contribution in [0.3, 0.4) is 0 Å². The van der Waals surface area contributed by atoms with Crippen LogP contribution in [0.5, 0.6) is 0 Å². The van der Waals surface area contributed by atoms with Gasteiger partial charge in [-0.2, -0.15) is 0 Å². The lowest BCUT2D eigenvalue weighted by Crippen LogP contribution is -2.53. The van der Waals surface area contributed by atoms with Crippen molar-refractivity contribution in [3.8, 4) is 0 Å². The molecule has 100 valence electrons. The van der Waals surface area contributed by atoms with E-state index in [2.05, 4.69) is 17.3 Å². The van der Waals surface area contributed by atoms with Crippen molar-refractivity contribution in [2.75, 3.05) is 45.2 Å². The van der Waals surface area contributed by atoms with E-state index in [1.165, 1.54) is 12.1 Å². The van der Waals surface area contributed by atoms with Gasteiger partial charge in [0.25, 0.3) is 0 Å². The monoisotopic (exact) mass is 255 g/mol. The van der Waals surface area contributed by atoms with Gasteiger partial charge in [0.2, 0.25) is 0 Å². The Labute approximate surface area is 106 Å². The highest BCUT2D eigenvalue weighted by molar-refractivity contribution is 5.46. The zero-order valence-corrected chi connectivity index (χ0v) is 10.8. The predicted molar refractivity (Wildman–Crippen MR) is 68.9 cm³/mol. The maximum atomic E-state index is 13.2. The standard InChI is InChI=1S/C13H19F2N3/c1-17-6-5-16-10(8-17)9-18(2)11-3-4-12(14)13(15)7-11/h3-4,7,10,16H,5-6,8-9H2,1-2H3.